The van der Waals surface area contributed by atoms with Gasteiger partial charge in [-0.15, -0.1) is 0 Å². The number of hydrogen-bond acceptors (Lipinski definition) is 2. The highest BCUT2D eigenvalue weighted by Gasteiger charge is 2.16. The number of hydrogen-bond donors (Lipinski definition) is 0. The van der Waals surface area contributed by atoms with Gasteiger partial charge in [0.05, 0.1) is 12.7 Å². The molecular weight excluding hydrogens is 178 g/mol. The van der Waals surface area contributed by atoms with Crippen LogP contribution in [-0.2, 0) is 4.74 Å². The van der Waals surface area contributed by atoms with E-state index >= 15 is 0 Å². The Labute approximate surface area is 74.1 Å². The number of ether oxygens (including phenoxy) is 1. The topological polar surface area (TPSA) is 26.3 Å². The van der Waals surface area contributed by atoms with Gasteiger partial charge in [-0.2, -0.15) is 0 Å². The van der Waals surface area contributed by atoms with E-state index in [-0.39, 0.29) is 11.1 Å². The predicted molar refractivity (Wildman–Crippen MR) is 42.4 cm³/mol. The van der Waals surface area contributed by atoms with Crippen LogP contribution >= 0.6 is 0 Å². The lowest BCUT2D eigenvalue weighted by atomic mass is 10.1. The maximum atomic E-state index is 13.0. The van der Waals surface area contributed by atoms with Crippen molar-refractivity contribution in [2.45, 2.75) is 6.92 Å². The van der Waals surface area contributed by atoms with Crippen molar-refractivity contribution in [1.82, 2.24) is 0 Å². The van der Waals surface area contributed by atoms with Crippen molar-refractivity contribution in [3.05, 3.63) is 34.9 Å². The molecule has 1 aromatic rings. The summed E-state index contributed by atoms with van der Waals surface area (Å²) in [4.78, 5) is 10.9. The summed E-state index contributed by atoms with van der Waals surface area (Å²) in [6, 6.07) is 2.52. The van der Waals surface area contributed by atoms with Crippen molar-refractivity contribution in [2.75, 3.05) is 7.11 Å². The smallest absolute Gasteiger partial charge is 0.340 e. The number of benzene rings is 1. The van der Waals surface area contributed by atoms with Crippen LogP contribution in [0.15, 0.2) is 12.1 Å². The lowest BCUT2D eigenvalue weighted by molar-refractivity contribution is 0.0594. The Morgan fingerprint density at radius 1 is 1.31 bits per heavy atom. The van der Waals surface area contributed by atoms with Gasteiger partial charge in [-0.05, 0) is 18.6 Å². The van der Waals surface area contributed by atoms with Gasteiger partial charge in [0.1, 0.15) is 0 Å². The summed E-state index contributed by atoms with van der Waals surface area (Å²) in [6.45, 7) is 1.42. The fourth-order valence-electron chi connectivity index (χ4n) is 0.914. The molecular formula is C9H8F2O2. The first-order valence-corrected chi connectivity index (χ1v) is 3.61. The molecule has 1 rings (SSSR count). The van der Waals surface area contributed by atoms with Gasteiger partial charge < -0.3 is 4.74 Å². The summed E-state index contributed by atoms with van der Waals surface area (Å²) in [6.07, 6.45) is 0. The van der Waals surface area contributed by atoms with Crippen LogP contribution in [0.2, 0.25) is 0 Å². The van der Waals surface area contributed by atoms with Gasteiger partial charge in [-0.25, -0.2) is 13.6 Å². The van der Waals surface area contributed by atoms with E-state index < -0.39 is 17.6 Å². The monoisotopic (exact) mass is 186 g/mol. The Hall–Kier alpha value is -1.45. The van der Waals surface area contributed by atoms with Crippen molar-refractivity contribution < 1.29 is 18.3 Å². The zero-order valence-electron chi connectivity index (χ0n) is 7.23. The van der Waals surface area contributed by atoms with Crippen molar-refractivity contribution in [3.63, 3.8) is 0 Å². The molecule has 0 spiro atoms. The van der Waals surface area contributed by atoms with Crippen molar-refractivity contribution in [2.24, 2.45) is 0 Å². The average molecular weight is 186 g/mol. The van der Waals surface area contributed by atoms with Gasteiger partial charge in [0.25, 0.3) is 0 Å². The van der Waals surface area contributed by atoms with Crippen LogP contribution in [0, 0.1) is 18.6 Å². The molecule has 0 saturated heterocycles. The van der Waals surface area contributed by atoms with Crippen molar-refractivity contribution in [1.29, 1.82) is 0 Å². The van der Waals surface area contributed by atoms with Gasteiger partial charge in [-0.1, -0.05) is 6.07 Å². The Balaban J connectivity index is 3.26. The minimum atomic E-state index is -1.16. The Kier molecular flexibility index (Phi) is 2.60. The Morgan fingerprint density at radius 2 is 1.92 bits per heavy atom. The van der Waals surface area contributed by atoms with E-state index in [4.69, 9.17) is 0 Å². The number of esters is 1. The van der Waals surface area contributed by atoms with Gasteiger partial charge in [-0.3, -0.25) is 0 Å². The van der Waals surface area contributed by atoms with Crippen LogP contribution in [0.25, 0.3) is 0 Å². The highest BCUT2D eigenvalue weighted by Crippen LogP contribution is 2.15. The van der Waals surface area contributed by atoms with Gasteiger partial charge in [0.15, 0.2) is 11.6 Å². The fourth-order valence-corrected chi connectivity index (χ4v) is 0.914. The maximum Gasteiger partial charge on any atom is 0.340 e. The van der Waals surface area contributed by atoms with Gasteiger partial charge in [0.2, 0.25) is 0 Å². The zero-order chi connectivity index (χ0) is 10.0. The molecule has 70 valence electrons. The van der Waals surface area contributed by atoms with Crippen LogP contribution in [0.5, 0.6) is 0 Å². The molecule has 0 aliphatic carbocycles. The molecule has 4 heteroatoms. The average Bonchev–Trinajstić information content (AvgIpc) is 2.13. The first kappa shape index (κ1) is 9.64. The second-order valence-corrected chi connectivity index (χ2v) is 2.55. The number of carbonyl (C=O) groups is 1. The summed E-state index contributed by atoms with van der Waals surface area (Å²) in [5.41, 5.74) is -0.226. The number of halogens is 2. The van der Waals surface area contributed by atoms with Crippen LogP contribution in [0.3, 0.4) is 0 Å². The van der Waals surface area contributed by atoms with E-state index in [0.29, 0.717) is 0 Å². The standard InChI is InChI=1S/C9H8F2O2/c1-5-3-4-6(9(12)13-2)8(11)7(5)10/h3-4H,1-2H3. The lowest BCUT2D eigenvalue weighted by Gasteiger charge is -2.03. The zero-order valence-corrected chi connectivity index (χ0v) is 7.23. The predicted octanol–water partition coefficient (Wildman–Crippen LogP) is 2.06. The number of carbonyl (C=O) groups excluding carboxylic acids is 1. The van der Waals surface area contributed by atoms with Gasteiger partial charge >= 0.3 is 5.97 Å². The Morgan fingerprint density at radius 3 is 2.46 bits per heavy atom. The molecule has 1 aromatic carbocycles. The van der Waals surface area contributed by atoms with Crippen molar-refractivity contribution >= 4 is 5.97 Å². The number of rotatable bonds is 1. The van der Waals surface area contributed by atoms with Crippen molar-refractivity contribution in [3.8, 4) is 0 Å². The SMILES string of the molecule is COC(=O)c1ccc(C)c(F)c1F. The van der Waals surface area contributed by atoms with Gasteiger partial charge in [0, 0.05) is 0 Å². The van der Waals surface area contributed by atoms with Crippen LogP contribution in [-0.4, -0.2) is 13.1 Å². The number of methoxy groups -OCH3 is 1. The summed E-state index contributed by atoms with van der Waals surface area (Å²) < 4.78 is 30.2. The van der Waals surface area contributed by atoms with Crippen LogP contribution in [0.1, 0.15) is 15.9 Å². The summed E-state index contributed by atoms with van der Waals surface area (Å²) in [5, 5.41) is 0. The lowest BCUT2D eigenvalue weighted by Crippen LogP contribution is -2.06. The largest absolute Gasteiger partial charge is 0.465 e. The first-order chi connectivity index (χ1) is 6.07. The van der Waals surface area contributed by atoms with E-state index in [1.165, 1.54) is 19.1 Å². The first-order valence-electron chi connectivity index (χ1n) is 3.61. The third-order valence-corrected chi connectivity index (χ3v) is 1.68. The van der Waals surface area contributed by atoms with E-state index in [9.17, 15) is 13.6 Å². The summed E-state index contributed by atoms with van der Waals surface area (Å²) in [7, 11) is 1.11. The molecule has 0 aliphatic rings. The molecule has 0 aromatic heterocycles. The minimum absolute atomic E-state index is 0.158. The van der Waals surface area contributed by atoms with E-state index in [2.05, 4.69) is 4.74 Å². The molecule has 0 amide bonds. The quantitative estimate of drug-likeness (QED) is 0.627. The molecule has 0 bridgehead atoms. The number of aryl methyl sites for hydroxylation is 1. The molecule has 13 heavy (non-hydrogen) atoms. The van der Waals surface area contributed by atoms with Crippen LogP contribution in [0.4, 0.5) is 8.78 Å². The van der Waals surface area contributed by atoms with E-state index in [1.54, 1.807) is 0 Å². The molecule has 0 unspecified atom stereocenters. The summed E-state index contributed by atoms with van der Waals surface area (Å²) >= 11 is 0. The highest BCUT2D eigenvalue weighted by atomic mass is 19.2. The second-order valence-electron chi connectivity index (χ2n) is 2.55. The third-order valence-electron chi connectivity index (χ3n) is 1.68. The van der Waals surface area contributed by atoms with Crippen LogP contribution < -0.4 is 0 Å². The highest BCUT2D eigenvalue weighted by molar-refractivity contribution is 5.89. The molecule has 0 fully saturated rings. The Bertz CT molecular complexity index is 348. The molecule has 2 nitrogen and oxygen atoms in total. The fraction of sp³-hybridized carbons (Fsp3) is 0.222. The normalized spacial score (nSPS) is 9.85. The minimum Gasteiger partial charge on any atom is -0.465 e. The van der Waals surface area contributed by atoms with E-state index in [1.807, 2.05) is 0 Å². The molecule has 0 heterocycles. The molecule has 0 N–H and O–H groups in total. The maximum absolute atomic E-state index is 13.0. The molecule has 0 aliphatic heterocycles. The molecule has 0 radical (unpaired) electrons. The third kappa shape index (κ3) is 1.66. The van der Waals surface area contributed by atoms with E-state index in [0.717, 1.165) is 7.11 Å². The molecule has 0 atom stereocenters. The molecule has 0 saturated carbocycles. The second kappa shape index (κ2) is 3.51. The summed E-state index contributed by atoms with van der Waals surface area (Å²) in [5.74, 6) is -3.05.